The number of carbonyl (C=O) groups excluding carboxylic acids is 1. The monoisotopic (exact) mass is 442 g/mol. The lowest BCUT2D eigenvalue weighted by molar-refractivity contribution is 0.102. The summed E-state index contributed by atoms with van der Waals surface area (Å²) >= 11 is 1.40. The third-order valence-electron chi connectivity index (χ3n) is 5.66. The molecular weight excluding hydrogens is 420 g/mol. The molecule has 2 aromatic carbocycles. The van der Waals surface area contributed by atoms with E-state index in [9.17, 15) is 4.79 Å². The Morgan fingerprint density at radius 1 is 1.00 bits per heavy atom. The molecule has 2 aromatic heterocycles. The summed E-state index contributed by atoms with van der Waals surface area (Å²) in [5.74, 6) is 1.86. The molecule has 0 radical (unpaired) electrons. The third-order valence-corrected chi connectivity index (χ3v) is 6.58. The average molecular weight is 443 g/mol. The number of thioether (sulfide) groups is 1. The van der Waals surface area contributed by atoms with Crippen molar-refractivity contribution >= 4 is 17.5 Å². The van der Waals surface area contributed by atoms with Gasteiger partial charge in [-0.15, -0.1) is 10.2 Å². The number of hydrogen-bond acceptors (Lipinski definition) is 6. The summed E-state index contributed by atoms with van der Waals surface area (Å²) in [5, 5.41) is 9.50. The summed E-state index contributed by atoms with van der Waals surface area (Å²) < 4.78 is 7.26. The zero-order valence-electron chi connectivity index (χ0n) is 17.7. The molecule has 4 aromatic rings. The molecule has 0 saturated carbocycles. The van der Waals surface area contributed by atoms with Crippen LogP contribution in [0.5, 0.6) is 5.75 Å². The number of ketones is 1. The van der Waals surface area contributed by atoms with E-state index in [1.54, 1.807) is 19.5 Å². The Morgan fingerprint density at radius 3 is 2.56 bits per heavy atom. The zero-order chi connectivity index (χ0) is 21.9. The van der Waals surface area contributed by atoms with Crippen LogP contribution in [-0.2, 0) is 12.8 Å². The summed E-state index contributed by atoms with van der Waals surface area (Å²) in [4.78, 5) is 17.0. The normalized spacial score (nSPS) is 12.5. The number of fused-ring (bicyclic) bond motifs is 1. The molecule has 1 aliphatic carbocycles. The number of ether oxygens (including phenoxy) is 1. The van der Waals surface area contributed by atoms with Gasteiger partial charge in [0.25, 0.3) is 0 Å². The number of hydrogen-bond donors (Lipinski definition) is 0. The minimum Gasteiger partial charge on any atom is -0.497 e. The van der Waals surface area contributed by atoms with Gasteiger partial charge in [-0.25, -0.2) is 0 Å². The first-order valence-electron chi connectivity index (χ1n) is 10.5. The Balaban J connectivity index is 1.44. The second kappa shape index (κ2) is 8.96. The summed E-state index contributed by atoms with van der Waals surface area (Å²) in [6.07, 6.45) is 6.80. The molecule has 2 heterocycles. The van der Waals surface area contributed by atoms with Gasteiger partial charge in [-0.3, -0.25) is 14.3 Å². The van der Waals surface area contributed by atoms with Crippen LogP contribution in [0.25, 0.3) is 17.1 Å². The highest BCUT2D eigenvalue weighted by atomic mass is 32.2. The van der Waals surface area contributed by atoms with E-state index >= 15 is 0 Å². The lowest BCUT2D eigenvalue weighted by Crippen LogP contribution is -2.05. The molecule has 0 saturated heterocycles. The zero-order valence-corrected chi connectivity index (χ0v) is 18.5. The molecular formula is C25H22N4O2S. The molecule has 0 aliphatic heterocycles. The van der Waals surface area contributed by atoms with Gasteiger partial charge in [-0.1, -0.05) is 23.9 Å². The van der Waals surface area contributed by atoms with Crippen molar-refractivity contribution in [2.45, 2.75) is 24.4 Å². The van der Waals surface area contributed by atoms with Crippen LogP contribution in [0, 0.1) is 0 Å². The van der Waals surface area contributed by atoms with Crippen LogP contribution in [0.4, 0.5) is 0 Å². The number of nitrogens with zero attached hydrogens (tertiary/aromatic N) is 4. The summed E-state index contributed by atoms with van der Waals surface area (Å²) in [6.45, 7) is 0. The molecule has 0 N–H and O–H groups in total. The maximum Gasteiger partial charge on any atom is 0.196 e. The van der Waals surface area contributed by atoms with Gasteiger partial charge in [0, 0.05) is 29.2 Å². The minimum absolute atomic E-state index is 0.0967. The highest BCUT2D eigenvalue weighted by Gasteiger charge is 2.19. The predicted molar refractivity (Wildman–Crippen MR) is 125 cm³/mol. The molecule has 0 fully saturated rings. The molecule has 6 nitrogen and oxygen atoms in total. The molecule has 0 unspecified atom stereocenters. The number of aromatic nitrogens is 4. The third kappa shape index (κ3) is 4.03. The van der Waals surface area contributed by atoms with E-state index in [2.05, 4.69) is 27.3 Å². The van der Waals surface area contributed by atoms with E-state index in [1.807, 2.05) is 47.0 Å². The number of benzene rings is 2. The topological polar surface area (TPSA) is 69.9 Å². The Hall–Kier alpha value is -3.45. The Morgan fingerprint density at radius 2 is 1.78 bits per heavy atom. The van der Waals surface area contributed by atoms with Crippen molar-refractivity contribution in [1.82, 2.24) is 19.7 Å². The lowest BCUT2D eigenvalue weighted by Gasteiger charge is -2.11. The van der Waals surface area contributed by atoms with Crippen LogP contribution >= 0.6 is 11.8 Å². The SMILES string of the molecule is COc1ccc(-n2c(SCC(=O)c3ccc4c(c3)CCC4)nnc2-c2ccncc2)cc1. The average Bonchev–Trinajstić information content (AvgIpc) is 3.49. The van der Waals surface area contributed by atoms with Gasteiger partial charge in [0.2, 0.25) is 0 Å². The van der Waals surface area contributed by atoms with E-state index in [0.717, 1.165) is 35.4 Å². The van der Waals surface area contributed by atoms with Crippen LogP contribution in [0.15, 0.2) is 72.1 Å². The molecule has 32 heavy (non-hydrogen) atoms. The van der Waals surface area contributed by atoms with Crippen molar-refractivity contribution in [3.8, 4) is 22.8 Å². The number of Topliss-reactive ketones (excluding diaryl/α,β-unsaturated/α-hetero) is 1. The molecule has 0 amide bonds. The van der Waals surface area contributed by atoms with Gasteiger partial charge in [-0.2, -0.15) is 0 Å². The van der Waals surface area contributed by atoms with E-state index in [-0.39, 0.29) is 5.78 Å². The first kappa shape index (κ1) is 20.5. The minimum atomic E-state index is 0.0967. The number of rotatable bonds is 7. The predicted octanol–water partition coefficient (Wildman–Crippen LogP) is 4.80. The summed E-state index contributed by atoms with van der Waals surface area (Å²) in [6, 6.07) is 17.6. The Kier molecular flexibility index (Phi) is 5.73. The van der Waals surface area contributed by atoms with Gasteiger partial charge in [-0.05, 0) is 72.9 Å². The van der Waals surface area contributed by atoms with Crippen LogP contribution in [0.1, 0.15) is 27.9 Å². The maximum absolute atomic E-state index is 12.9. The molecule has 1 aliphatic rings. The van der Waals surface area contributed by atoms with Crippen LogP contribution in [0.2, 0.25) is 0 Å². The van der Waals surface area contributed by atoms with Crippen molar-refractivity contribution in [2.24, 2.45) is 0 Å². The number of aryl methyl sites for hydroxylation is 2. The van der Waals surface area contributed by atoms with E-state index < -0.39 is 0 Å². The Labute approximate surface area is 190 Å². The molecule has 7 heteroatoms. The van der Waals surface area contributed by atoms with Gasteiger partial charge in [0.1, 0.15) is 5.75 Å². The fourth-order valence-corrected chi connectivity index (χ4v) is 4.82. The fourth-order valence-electron chi connectivity index (χ4n) is 3.97. The van der Waals surface area contributed by atoms with Crippen molar-refractivity contribution in [3.05, 3.63) is 83.7 Å². The van der Waals surface area contributed by atoms with Crippen LogP contribution in [-0.4, -0.2) is 38.4 Å². The fraction of sp³-hybridized carbons (Fsp3) is 0.200. The second-order valence-corrected chi connectivity index (χ2v) is 8.57. The van der Waals surface area contributed by atoms with Crippen molar-refractivity contribution in [3.63, 3.8) is 0 Å². The Bertz CT molecular complexity index is 1250. The molecule has 0 spiro atoms. The summed E-state index contributed by atoms with van der Waals surface area (Å²) in [7, 11) is 1.64. The van der Waals surface area contributed by atoms with Crippen molar-refractivity contribution < 1.29 is 9.53 Å². The van der Waals surface area contributed by atoms with Gasteiger partial charge in [0.05, 0.1) is 12.9 Å². The van der Waals surface area contributed by atoms with Crippen LogP contribution in [0.3, 0.4) is 0 Å². The highest BCUT2D eigenvalue weighted by molar-refractivity contribution is 7.99. The number of methoxy groups -OCH3 is 1. The molecule has 160 valence electrons. The van der Waals surface area contributed by atoms with E-state index in [1.165, 1.54) is 29.3 Å². The number of carbonyl (C=O) groups is 1. The highest BCUT2D eigenvalue weighted by Crippen LogP contribution is 2.29. The maximum atomic E-state index is 12.9. The molecule has 5 rings (SSSR count). The van der Waals surface area contributed by atoms with Crippen molar-refractivity contribution in [1.29, 1.82) is 0 Å². The van der Waals surface area contributed by atoms with E-state index in [4.69, 9.17) is 4.74 Å². The van der Waals surface area contributed by atoms with Crippen LogP contribution < -0.4 is 4.74 Å². The molecule has 0 atom stereocenters. The quantitative estimate of drug-likeness (QED) is 0.302. The number of pyridine rings is 1. The van der Waals surface area contributed by atoms with Crippen molar-refractivity contribution in [2.75, 3.05) is 12.9 Å². The van der Waals surface area contributed by atoms with Gasteiger partial charge < -0.3 is 4.74 Å². The largest absolute Gasteiger partial charge is 0.497 e. The first-order chi connectivity index (χ1) is 15.7. The first-order valence-corrected chi connectivity index (χ1v) is 11.5. The van der Waals surface area contributed by atoms with Gasteiger partial charge in [0.15, 0.2) is 16.8 Å². The second-order valence-electron chi connectivity index (χ2n) is 7.62. The lowest BCUT2D eigenvalue weighted by atomic mass is 10.0. The summed E-state index contributed by atoms with van der Waals surface area (Å²) in [5.41, 5.74) is 5.25. The molecule has 0 bridgehead atoms. The van der Waals surface area contributed by atoms with E-state index in [0.29, 0.717) is 16.7 Å². The standard InChI is InChI=1S/C25H22N4O2S/c1-31-22-9-7-21(8-10-22)29-24(18-11-13-26-14-12-18)27-28-25(29)32-16-23(30)20-6-5-17-3-2-4-19(17)15-20/h5-15H,2-4,16H2,1H3. The van der Waals surface area contributed by atoms with Gasteiger partial charge >= 0.3 is 0 Å². The smallest absolute Gasteiger partial charge is 0.196 e.